The van der Waals surface area contributed by atoms with Crippen LogP contribution in [0.4, 0.5) is 4.79 Å². The normalized spacial score (nSPS) is 15.7. The number of hydrogen-bond acceptors (Lipinski definition) is 7. The molecular formula is C10H11N7O2. The summed E-state index contributed by atoms with van der Waals surface area (Å²) in [7, 11) is 1.42. The Balaban J connectivity index is 2.04. The highest BCUT2D eigenvalue weighted by Crippen LogP contribution is 1.98. The molecule has 0 saturated heterocycles. The summed E-state index contributed by atoms with van der Waals surface area (Å²) >= 11 is 0. The molecule has 0 spiro atoms. The van der Waals surface area contributed by atoms with Gasteiger partial charge in [0, 0.05) is 12.4 Å². The van der Waals surface area contributed by atoms with Gasteiger partial charge in [0.05, 0.1) is 25.2 Å². The fourth-order valence-electron chi connectivity index (χ4n) is 1.22. The molecule has 0 aliphatic carbocycles. The highest BCUT2D eigenvalue weighted by atomic mass is 16.6. The number of amides is 2. The standard InChI is InChI=1S/C10H11N7O2/c1-19-14-6-9-7-17(10(18)16-15-9)13-5-8-4-11-2-3-12-8/h2-6H,7H2,1H3,(H,16,18)/b13-5+,14-6?. The van der Waals surface area contributed by atoms with Gasteiger partial charge in [-0.1, -0.05) is 5.16 Å². The Hall–Kier alpha value is -2.84. The molecule has 0 aromatic carbocycles. The molecule has 19 heavy (non-hydrogen) atoms. The first kappa shape index (κ1) is 12.6. The van der Waals surface area contributed by atoms with E-state index in [1.165, 1.54) is 36.9 Å². The van der Waals surface area contributed by atoms with E-state index >= 15 is 0 Å². The molecule has 1 aromatic heterocycles. The van der Waals surface area contributed by atoms with Crippen LogP contribution in [0.1, 0.15) is 5.69 Å². The van der Waals surface area contributed by atoms with Crippen molar-refractivity contribution in [3.8, 4) is 0 Å². The zero-order valence-electron chi connectivity index (χ0n) is 10.1. The molecule has 1 N–H and O–H groups in total. The lowest BCUT2D eigenvalue weighted by atomic mass is 10.4. The van der Waals surface area contributed by atoms with Gasteiger partial charge in [0.2, 0.25) is 0 Å². The zero-order chi connectivity index (χ0) is 13.5. The van der Waals surface area contributed by atoms with Gasteiger partial charge in [-0.2, -0.15) is 10.2 Å². The van der Waals surface area contributed by atoms with Gasteiger partial charge in [-0.25, -0.2) is 15.2 Å². The van der Waals surface area contributed by atoms with Crippen molar-refractivity contribution >= 4 is 24.2 Å². The van der Waals surface area contributed by atoms with E-state index in [1.54, 1.807) is 6.20 Å². The van der Waals surface area contributed by atoms with Crippen molar-refractivity contribution in [3.05, 3.63) is 24.3 Å². The van der Waals surface area contributed by atoms with E-state index in [2.05, 4.69) is 35.6 Å². The van der Waals surface area contributed by atoms with Crippen LogP contribution in [0, 0.1) is 0 Å². The molecule has 0 bridgehead atoms. The van der Waals surface area contributed by atoms with E-state index < -0.39 is 6.03 Å². The summed E-state index contributed by atoms with van der Waals surface area (Å²) in [5, 5.41) is 12.6. The van der Waals surface area contributed by atoms with Crippen molar-refractivity contribution in [2.45, 2.75) is 0 Å². The number of urea groups is 1. The highest BCUT2D eigenvalue weighted by Gasteiger charge is 2.19. The molecule has 0 radical (unpaired) electrons. The van der Waals surface area contributed by atoms with Crippen molar-refractivity contribution in [3.63, 3.8) is 0 Å². The molecule has 2 heterocycles. The maximum atomic E-state index is 11.5. The zero-order valence-corrected chi connectivity index (χ0v) is 10.1. The van der Waals surface area contributed by atoms with Gasteiger partial charge >= 0.3 is 6.03 Å². The van der Waals surface area contributed by atoms with E-state index in [0.29, 0.717) is 11.4 Å². The Morgan fingerprint density at radius 2 is 2.37 bits per heavy atom. The summed E-state index contributed by atoms with van der Waals surface area (Å²) in [5.74, 6) is 0. The second kappa shape index (κ2) is 6.19. The average molecular weight is 261 g/mol. The van der Waals surface area contributed by atoms with Gasteiger partial charge in [0.25, 0.3) is 0 Å². The third-order valence-corrected chi connectivity index (χ3v) is 2.06. The first-order chi connectivity index (χ1) is 9.29. The Kier molecular flexibility index (Phi) is 4.11. The number of aromatic nitrogens is 2. The van der Waals surface area contributed by atoms with Gasteiger partial charge in [-0.05, 0) is 0 Å². The first-order valence-corrected chi connectivity index (χ1v) is 5.30. The van der Waals surface area contributed by atoms with Crippen LogP contribution in [0.25, 0.3) is 0 Å². The Bertz CT molecular complexity index is 526. The van der Waals surface area contributed by atoms with E-state index in [4.69, 9.17) is 0 Å². The fourth-order valence-corrected chi connectivity index (χ4v) is 1.22. The van der Waals surface area contributed by atoms with E-state index in [-0.39, 0.29) is 6.54 Å². The second-order valence-electron chi connectivity index (χ2n) is 3.37. The van der Waals surface area contributed by atoms with Crippen LogP contribution in [0.15, 0.2) is 33.9 Å². The summed E-state index contributed by atoms with van der Waals surface area (Å²) in [6, 6.07) is -0.435. The lowest BCUT2D eigenvalue weighted by Gasteiger charge is -2.19. The van der Waals surface area contributed by atoms with Gasteiger partial charge in [0.15, 0.2) is 0 Å². The Morgan fingerprint density at radius 3 is 3.11 bits per heavy atom. The van der Waals surface area contributed by atoms with Crippen LogP contribution in [0.2, 0.25) is 0 Å². The van der Waals surface area contributed by atoms with Crippen LogP contribution in [0.3, 0.4) is 0 Å². The number of carbonyl (C=O) groups is 1. The predicted molar refractivity (Wildman–Crippen MR) is 67.8 cm³/mol. The minimum Gasteiger partial charge on any atom is -0.399 e. The quantitative estimate of drug-likeness (QED) is 0.599. The molecule has 9 nitrogen and oxygen atoms in total. The largest absolute Gasteiger partial charge is 0.399 e. The topological polar surface area (TPSA) is 104 Å². The number of nitrogens with one attached hydrogen (secondary N) is 1. The molecule has 0 fully saturated rings. The maximum absolute atomic E-state index is 11.5. The van der Waals surface area contributed by atoms with Crippen LogP contribution in [0.5, 0.6) is 0 Å². The van der Waals surface area contributed by atoms with Crippen LogP contribution in [-0.2, 0) is 4.84 Å². The number of nitrogens with zero attached hydrogens (tertiary/aromatic N) is 6. The number of hydrazone groups is 2. The minimum atomic E-state index is -0.435. The lowest BCUT2D eigenvalue weighted by molar-refractivity contribution is 0.204. The number of rotatable bonds is 4. The molecule has 1 aliphatic rings. The summed E-state index contributed by atoms with van der Waals surface area (Å²) in [4.78, 5) is 24.0. The third-order valence-electron chi connectivity index (χ3n) is 2.06. The second-order valence-corrected chi connectivity index (χ2v) is 3.37. The molecule has 1 aromatic rings. The van der Waals surface area contributed by atoms with Gasteiger partial charge in [0.1, 0.15) is 18.5 Å². The molecule has 2 rings (SSSR count). The molecule has 98 valence electrons. The fraction of sp³-hybridized carbons (Fsp3) is 0.200. The van der Waals surface area contributed by atoms with Crippen LogP contribution >= 0.6 is 0 Å². The van der Waals surface area contributed by atoms with Crippen molar-refractivity contribution in [1.82, 2.24) is 20.4 Å². The van der Waals surface area contributed by atoms with Crippen molar-refractivity contribution in [2.75, 3.05) is 13.7 Å². The number of hydrogen-bond donors (Lipinski definition) is 1. The number of carbonyl (C=O) groups excluding carboxylic acids is 1. The highest BCUT2D eigenvalue weighted by molar-refractivity contribution is 6.32. The van der Waals surface area contributed by atoms with Crippen molar-refractivity contribution < 1.29 is 9.63 Å². The molecule has 1 aliphatic heterocycles. The SMILES string of the molecule is CON=CC1=NNC(=O)N(/N=C/c2cnccn2)C1. The van der Waals surface area contributed by atoms with Crippen molar-refractivity contribution in [2.24, 2.45) is 15.4 Å². The van der Waals surface area contributed by atoms with Crippen molar-refractivity contribution in [1.29, 1.82) is 0 Å². The molecular weight excluding hydrogens is 250 g/mol. The van der Waals surface area contributed by atoms with Crippen LogP contribution in [-0.4, -0.2) is 52.8 Å². The van der Waals surface area contributed by atoms with Gasteiger partial charge in [-0.3, -0.25) is 9.97 Å². The van der Waals surface area contributed by atoms with E-state index in [0.717, 1.165) is 0 Å². The third kappa shape index (κ3) is 3.56. The van der Waals surface area contributed by atoms with Gasteiger partial charge < -0.3 is 4.84 Å². The molecule has 0 atom stereocenters. The van der Waals surface area contributed by atoms with Gasteiger partial charge in [-0.15, -0.1) is 0 Å². The van der Waals surface area contributed by atoms with E-state index in [1.807, 2.05) is 0 Å². The monoisotopic (exact) mass is 261 g/mol. The Labute approximate surface area is 108 Å². The first-order valence-electron chi connectivity index (χ1n) is 5.30. The minimum absolute atomic E-state index is 0.190. The van der Waals surface area contributed by atoms with E-state index in [9.17, 15) is 4.79 Å². The molecule has 0 unspecified atom stereocenters. The molecule has 2 amide bonds. The molecule has 0 saturated carbocycles. The average Bonchev–Trinajstić information content (AvgIpc) is 2.46. The summed E-state index contributed by atoms with van der Waals surface area (Å²) in [6.45, 7) is 0.190. The lowest BCUT2D eigenvalue weighted by Crippen LogP contribution is -2.43. The Morgan fingerprint density at radius 1 is 1.47 bits per heavy atom. The maximum Gasteiger partial charge on any atom is 0.358 e. The summed E-state index contributed by atoms with van der Waals surface area (Å²) in [5.41, 5.74) is 3.36. The smallest absolute Gasteiger partial charge is 0.358 e. The summed E-state index contributed by atoms with van der Waals surface area (Å²) < 4.78 is 0. The predicted octanol–water partition coefficient (Wildman–Crippen LogP) is -0.176. The number of oxime groups is 1. The summed E-state index contributed by atoms with van der Waals surface area (Å²) in [6.07, 6.45) is 7.45. The molecule has 9 heteroatoms. The van der Waals surface area contributed by atoms with Crippen LogP contribution < -0.4 is 5.43 Å².